The molecule has 3 aliphatic carbocycles. The van der Waals surface area contributed by atoms with Crippen LogP contribution in [0.2, 0.25) is 0 Å². The first-order chi connectivity index (χ1) is 21.8. The molecule has 1 unspecified atom stereocenters. The van der Waals surface area contributed by atoms with E-state index in [0.717, 1.165) is 72.6 Å². The van der Waals surface area contributed by atoms with Crippen LogP contribution in [0.1, 0.15) is 75.1 Å². The highest BCUT2D eigenvalue weighted by molar-refractivity contribution is 5.94. The molecule has 244 valence electrons. The summed E-state index contributed by atoms with van der Waals surface area (Å²) in [6.45, 7) is 9.13. The van der Waals surface area contributed by atoms with E-state index in [1.165, 1.54) is 38.0 Å². The van der Waals surface area contributed by atoms with Gasteiger partial charge in [0, 0.05) is 66.2 Å². The van der Waals surface area contributed by atoms with Gasteiger partial charge in [-0.15, -0.1) is 0 Å². The van der Waals surface area contributed by atoms with Gasteiger partial charge in [0.1, 0.15) is 11.9 Å². The number of aromatic hydroxyl groups is 1. The summed E-state index contributed by atoms with van der Waals surface area (Å²) in [6.07, 6.45) is 0.738. The minimum atomic E-state index is -4.45. The molecule has 1 amide bonds. The average molecular weight is 638 g/mol. The Kier molecular flexibility index (Phi) is 7.35. The lowest BCUT2D eigenvalue weighted by Crippen LogP contribution is -2.75. The average Bonchev–Trinajstić information content (AvgIpc) is 3.72. The Balaban J connectivity index is 1.24. The Morgan fingerprint density at radius 1 is 1.17 bits per heavy atom. The molecule has 10 heteroatoms. The number of esters is 1. The number of carbonyl (C=O) groups excluding carboxylic acids is 2. The monoisotopic (exact) mass is 637 g/mol. The fraction of sp³-hybridized carbons (Fsp3) is 0.556. The summed E-state index contributed by atoms with van der Waals surface area (Å²) < 4.78 is 52.3. The SMILES string of the molecule is CC(=O)Oc1cc(O)c2c3c1C[C@@H]1[C@@H]4CC[C@@H](NC(=O)C#Cc5ccc(C(F)(F)F)cc5)[C@H](O2)[C@]34CC[N+]1(CC(C)C)CC1CC1. The van der Waals surface area contributed by atoms with Crippen LogP contribution in [0.4, 0.5) is 13.2 Å². The Morgan fingerprint density at radius 3 is 2.57 bits per heavy atom. The molecule has 2 N–H and O–H groups in total. The van der Waals surface area contributed by atoms with Gasteiger partial charge in [0.05, 0.1) is 42.7 Å². The van der Waals surface area contributed by atoms with Crippen LogP contribution in [0.3, 0.4) is 0 Å². The first-order valence-corrected chi connectivity index (χ1v) is 16.4. The van der Waals surface area contributed by atoms with Gasteiger partial charge in [-0.05, 0) is 49.9 Å². The molecule has 2 saturated carbocycles. The fourth-order valence-electron chi connectivity index (χ4n) is 9.49. The van der Waals surface area contributed by atoms with Gasteiger partial charge in [-0.25, -0.2) is 0 Å². The molecule has 7 rings (SSSR count). The van der Waals surface area contributed by atoms with Crippen LogP contribution >= 0.6 is 0 Å². The van der Waals surface area contributed by atoms with E-state index in [-0.39, 0.29) is 17.7 Å². The number of benzene rings is 2. The van der Waals surface area contributed by atoms with Crippen LogP contribution in [-0.4, -0.2) is 59.3 Å². The number of likely N-dealkylation sites (tertiary alicyclic amines) is 1. The van der Waals surface area contributed by atoms with E-state index < -0.39 is 41.2 Å². The van der Waals surface area contributed by atoms with Crippen molar-refractivity contribution < 1.29 is 41.8 Å². The van der Waals surface area contributed by atoms with Gasteiger partial charge in [-0.2, -0.15) is 13.2 Å². The normalized spacial score (nSPS) is 30.5. The number of ether oxygens (including phenoxy) is 2. The summed E-state index contributed by atoms with van der Waals surface area (Å²) in [5, 5.41) is 14.3. The van der Waals surface area contributed by atoms with Crippen molar-refractivity contribution in [1.82, 2.24) is 5.32 Å². The van der Waals surface area contributed by atoms with Gasteiger partial charge < -0.3 is 24.4 Å². The molecule has 3 fully saturated rings. The third-order valence-corrected chi connectivity index (χ3v) is 11.1. The van der Waals surface area contributed by atoms with E-state index in [1.807, 2.05) is 0 Å². The third-order valence-electron chi connectivity index (χ3n) is 11.1. The molecule has 1 spiro atoms. The van der Waals surface area contributed by atoms with E-state index >= 15 is 0 Å². The number of hydrogen-bond acceptors (Lipinski definition) is 5. The number of nitrogens with one attached hydrogen (secondary N) is 1. The second-order valence-electron chi connectivity index (χ2n) is 14.5. The number of amides is 1. The van der Waals surface area contributed by atoms with E-state index in [4.69, 9.17) is 9.47 Å². The maximum atomic E-state index is 13.2. The summed E-state index contributed by atoms with van der Waals surface area (Å²) >= 11 is 0. The molecule has 7 nitrogen and oxygen atoms in total. The van der Waals surface area contributed by atoms with Crippen molar-refractivity contribution in [3.63, 3.8) is 0 Å². The Hall–Kier alpha value is -3.71. The van der Waals surface area contributed by atoms with Crippen molar-refractivity contribution in [1.29, 1.82) is 0 Å². The lowest BCUT2D eigenvalue weighted by atomic mass is 9.50. The molecular weight excluding hydrogens is 597 g/mol. The predicted molar refractivity (Wildman–Crippen MR) is 163 cm³/mol. The molecule has 6 atom stereocenters. The Morgan fingerprint density at radius 2 is 1.91 bits per heavy atom. The molecule has 2 heterocycles. The molecule has 0 aromatic heterocycles. The highest BCUT2D eigenvalue weighted by Gasteiger charge is 2.70. The lowest BCUT2D eigenvalue weighted by molar-refractivity contribution is -0.966. The van der Waals surface area contributed by atoms with Gasteiger partial charge in [-0.3, -0.25) is 9.59 Å². The maximum absolute atomic E-state index is 13.2. The number of hydrogen-bond donors (Lipinski definition) is 2. The third kappa shape index (κ3) is 5.11. The number of phenols is 1. The number of halogens is 3. The van der Waals surface area contributed by atoms with Gasteiger partial charge in [0.15, 0.2) is 11.5 Å². The van der Waals surface area contributed by atoms with Crippen molar-refractivity contribution in [2.24, 2.45) is 17.8 Å². The van der Waals surface area contributed by atoms with E-state index in [0.29, 0.717) is 29.4 Å². The second-order valence-corrected chi connectivity index (χ2v) is 14.5. The molecular formula is C36H40F3N2O5+. The molecule has 2 aromatic rings. The van der Waals surface area contributed by atoms with Crippen molar-refractivity contribution in [2.75, 3.05) is 19.6 Å². The van der Waals surface area contributed by atoms with E-state index in [9.17, 15) is 27.9 Å². The number of quaternary nitrogens is 1. The van der Waals surface area contributed by atoms with Crippen LogP contribution in [0.15, 0.2) is 30.3 Å². The molecule has 0 radical (unpaired) electrons. The zero-order chi connectivity index (χ0) is 32.6. The molecule has 5 aliphatic rings. The topological polar surface area (TPSA) is 84.9 Å². The van der Waals surface area contributed by atoms with Crippen LogP contribution < -0.4 is 14.8 Å². The highest BCUT2D eigenvalue weighted by Crippen LogP contribution is 2.66. The smallest absolute Gasteiger partial charge is 0.416 e. The number of piperidine rings is 1. The lowest BCUT2D eigenvalue weighted by Gasteiger charge is -2.63. The molecule has 1 saturated heterocycles. The van der Waals surface area contributed by atoms with Gasteiger partial charge in [0.2, 0.25) is 0 Å². The molecule has 2 aliphatic heterocycles. The summed E-state index contributed by atoms with van der Waals surface area (Å²) in [5.41, 5.74) is 0.920. The zero-order valence-electron chi connectivity index (χ0n) is 26.4. The zero-order valence-corrected chi connectivity index (χ0v) is 26.4. The number of rotatable bonds is 6. The predicted octanol–water partition coefficient (Wildman–Crippen LogP) is 5.49. The fourth-order valence-corrected chi connectivity index (χ4v) is 9.49. The Labute approximate surface area is 267 Å². The van der Waals surface area contributed by atoms with E-state index in [2.05, 4.69) is 31.0 Å². The van der Waals surface area contributed by atoms with Crippen LogP contribution in [0.5, 0.6) is 17.2 Å². The van der Waals surface area contributed by atoms with Crippen LogP contribution in [0, 0.1) is 29.6 Å². The van der Waals surface area contributed by atoms with Gasteiger partial charge in [-0.1, -0.05) is 19.8 Å². The van der Waals surface area contributed by atoms with Gasteiger partial charge >= 0.3 is 12.1 Å². The Bertz CT molecular complexity index is 1630. The molecule has 2 aromatic carbocycles. The minimum absolute atomic E-state index is 0.0744. The van der Waals surface area contributed by atoms with Crippen LogP contribution in [0.25, 0.3) is 0 Å². The summed E-state index contributed by atoms with van der Waals surface area (Å²) in [4.78, 5) is 25.4. The largest absolute Gasteiger partial charge is 0.504 e. The maximum Gasteiger partial charge on any atom is 0.416 e. The highest BCUT2D eigenvalue weighted by atomic mass is 19.4. The molecule has 46 heavy (non-hydrogen) atoms. The van der Waals surface area contributed by atoms with Crippen molar-refractivity contribution in [3.05, 3.63) is 52.6 Å². The first-order valence-electron chi connectivity index (χ1n) is 16.4. The van der Waals surface area contributed by atoms with Crippen molar-refractivity contribution in [2.45, 2.75) is 89.1 Å². The summed E-state index contributed by atoms with van der Waals surface area (Å²) in [5.74, 6) is 6.49. The minimum Gasteiger partial charge on any atom is -0.504 e. The quantitative estimate of drug-likeness (QED) is 0.189. The van der Waals surface area contributed by atoms with E-state index in [1.54, 1.807) is 0 Å². The molecule has 2 bridgehead atoms. The van der Waals surface area contributed by atoms with Crippen molar-refractivity contribution >= 4 is 11.9 Å². The second kappa shape index (κ2) is 10.9. The first kappa shape index (κ1) is 30.9. The summed E-state index contributed by atoms with van der Waals surface area (Å²) in [7, 11) is 0. The number of phenolic OH excluding ortho intramolecular Hbond substituents is 1. The van der Waals surface area contributed by atoms with Gasteiger partial charge in [0.25, 0.3) is 5.91 Å². The van der Waals surface area contributed by atoms with Crippen LogP contribution in [-0.2, 0) is 27.6 Å². The standard InChI is InChI=1S/C36H39F3N2O5/c1-20(2)18-41(19-23-4-5-23)15-14-35-26-11-12-27(40-31(44)13-8-22-6-9-24(10-7-22)36(37,38)39)34(35)46-33-29(43)17-30(45-21(3)42)25(32(33)35)16-28(26)41/h6-7,9-10,17,20,23,26-28,34H,4-5,11-12,14-16,18-19H2,1-3H3,(H-,40,43,44)/p+1/t26-,27+,28+,34-,35-,41?/m0/s1. The number of alkyl halides is 3. The summed E-state index contributed by atoms with van der Waals surface area (Å²) in [6, 6.07) is 5.80. The number of carbonyl (C=O) groups is 2. The number of nitrogens with zero attached hydrogens (tertiary/aromatic N) is 1. The van der Waals surface area contributed by atoms with Crippen molar-refractivity contribution in [3.8, 4) is 29.1 Å².